The van der Waals surface area contributed by atoms with Crippen LogP contribution in [0.4, 0.5) is 0 Å². The Morgan fingerprint density at radius 1 is 1.54 bits per heavy atom. The lowest BCUT2D eigenvalue weighted by atomic mass is 10.0. The number of nitrogens with zero attached hydrogens (tertiary/aromatic N) is 2. The van der Waals surface area contributed by atoms with E-state index in [4.69, 9.17) is 5.11 Å². The molecule has 0 saturated heterocycles. The fourth-order valence-corrected chi connectivity index (χ4v) is 1.39. The summed E-state index contributed by atoms with van der Waals surface area (Å²) in [7, 11) is 0. The van der Waals surface area contributed by atoms with Gasteiger partial charge in [-0.25, -0.2) is 0 Å². The predicted octanol–water partition coefficient (Wildman–Crippen LogP) is 0.884. The van der Waals surface area contributed by atoms with E-state index in [1.165, 1.54) is 0 Å². The van der Waals surface area contributed by atoms with Crippen molar-refractivity contribution in [3.63, 3.8) is 0 Å². The molecule has 1 aliphatic carbocycles. The summed E-state index contributed by atoms with van der Waals surface area (Å²) in [6.07, 6.45) is 6.84. The number of hydrogen-bond acceptors (Lipinski definition) is 3. The third-order valence-electron chi connectivity index (χ3n) is 2.44. The van der Waals surface area contributed by atoms with Crippen molar-refractivity contribution < 1.29 is 9.90 Å². The van der Waals surface area contributed by atoms with Gasteiger partial charge in [-0.3, -0.25) is 14.8 Å². The van der Waals surface area contributed by atoms with Gasteiger partial charge in [0.2, 0.25) is 0 Å². The van der Waals surface area contributed by atoms with Crippen LogP contribution in [-0.4, -0.2) is 21.0 Å². The van der Waals surface area contributed by atoms with Crippen molar-refractivity contribution in [3.8, 4) is 0 Å². The third kappa shape index (κ3) is 1.52. The molecule has 0 unspecified atom stereocenters. The maximum Gasteiger partial charge on any atom is 0.310 e. The van der Waals surface area contributed by atoms with Crippen molar-refractivity contribution in [2.75, 3.05) is 0 Å². The van der Waals surface area contributed by atoms with Gasteiger partial charge in [0.25, 0.3) is 0 Å². The van der Waals surface area contributed by atoms with Gasteiger partial charge in [0.05, 0.1) is 11.1 Å². The van der Waals surface area contributed by atoms with Crippen LogP contribution in [0.5, 0.6) is 0 Å². The van der Waals surface area contributed by atoms with E-state index in [2.05, 4.69) is 9.97 Å². The van der Waals surface area contributed by atoms with Crippen LogP contribution in [0.1, 0.15) is 18.5 Å². The van der Waals surface area contributed by atoms with Crippen LogP contribution in [0.25, 0.3) is 0 Å². The second-order valence-electron chi connectivity index (χ2n) is 3.46. The predicted molar refractivity (Wildman–Crippen MR) is 45.0 cm³/mol. The highest BCUT2D eigenvalue weighted by atomic mass is 16.4. The van der Waals surface area contributed by atoms with E-state index in [9.17, 15) is 4.79 Å². The summed E-state index contributed by atoms with van der Waals surface area (Å²) in [4.78, 5) is 18.8. The summed E-state index contributed by atoms with van der Waals surface area (Å²) in [5.74, 6) is -0.710. The lowest BCUT2D eigenvalue weighted by molar-refractivity contribution is -0.143. The minimum Gasteiger partial charge on any atom is -0.481 e. The molecule has 1 fully saturated rings. The smallest absolute Gasteiger partial charge is 0.310 e. The van der Waals surface area contributed by atoms with Crippen molar-refractivity contribution in [2.24, 2.45) is 5.41 Å². The molecule has 0 aromatic carbocycles. The highest BCUT2D eigenvalue weighted by molar-refractivity contribution is 5.78. The SMILES string of the molecule is O=C(O)C1(Cc2cnccn2)CC1. The molecule has 0 radical (unpaired) electrons. The molecule has 1 heterocycles. The number of hydrogen-bond donors (Lipinski definition) is 1. The van der Waals surface area contributed by atoms with Crippen LogP contribution in [0.15, 0.2) is 18.6 Å². The van der Waals surface area contributed by atoms with E-state index in [1.807, 2.05) is 0 Å². The van der Waals surface area contributed by atoms with Gasteiger partial charge in [0.15, 0.2) is 0 Å². The summed E-state index contributed by atoms with van der Waals surface area (Å²) in [6, 6.07) is 0. The largest absolute Gasteiger partial charge is 0.481 e. The number of aromatic nitrogens is 2. The van der Waals surface area contributed by atoms with Crippen molar-refractivity contribution in [2.45, 2.75) is 19.3 Å². The molecule has 0 bridgehead atoms. The zero-order chi connectivity index (χ0) is 9.31. The first-order valence-corrected chi connectivity index (χ1v) is 4.21. The summed E-state index contributed by atoms with van der Waals surface area (Å²) >= 11 is 0. The Labute approximate surface area is 75.6 Å². The Balaban J connectivity index is 2.11. The Kier molecular flexibility index (Phi) is 1.76. The van der Waals surface area contributed by atoms with Crippen LogP contribution >= 0.6 is 0 Å². The van der Waals surface area contributed by atoms with E-state index in [0.29, 0.717) is 6.42 Å². The highest BCUT2D eigenvalue weighted by Gasteiger charge is 2.50. The normalized spacial score (nSPS) is 18.2. The first kappa shape index (κ1) is 8.16. The van der Waals surface area contributed by atoms with Gasteiger partial charge in [-0.05, 0) is 12.8 Å². The second-order valence-corrected chi connectivity index (χ2v) is 3.46. The van der Waals surface area contributed by atoms with Gasteiger partial charge in [0, 0.05) is 25.0 Å². The van der Waals surface area contributed by atoms with Gasteiger partial charge in [-0.2, -0.15) is 0 Å². The molecular formula is C9H10N2O2. The molecule has 13 heavy (non-hydrogen) atoms. The molecule has 0 atom stereocenters. The van der Waals surface area contributed by atoms with Crippen molar-refractivity contribution in [1.82, 2.24) is 9.97 Å². The molecule has 2 rings (SSSR count). The third-order valence-corrected chi connectivity index (χ3v) is 2.44. The van der Waals surface area contributed by atoms with Crippen molar-refractivity contribution >= 4 is 5.97 Å². The van der Waals surface area contributed by atoms with Crippen LogP contribution in [0.2, 0.25) is 0 Å². The number of carboxylic acids is 1. The summed E-state index contributed by atoms with van der Waals surface area (Å²) in [5, 5.41) is 8.92. The van der Waals surface area contributed by atoms with E-state index >= 15 is 0 Å². The van der Waals surface area contributed by atoms with E-state index in [1.54, 1.807) is 18.6 Å². The second kappa shape index (κ2) is 2.80. The lowest BCUT2D eigenvalue weighted by Crippen LogP contribution is -2.18. The summed E-state index contributed by atoms with van der Waals surface area (Å²) in [5.41, 5.74) is 0.234. The molecule has 1 saturated carbocycles. The zero-order valence-electron chi connectivity index (χ0n) is 7.10. The lowest BCUT2D eigenvalue weighted by Gasteiger charge is -2.07. The molecule has 0 spiro atoms. The number of carboxylic acid groups (broad SMARTS) is 1. The molecule has 4 heteroatoms. The Hall–Kier alpha value is -1.45. The fourth-order valence-electron chi connectivity index (χ4n) is 1.39. The average molecular weight is 178 g/mol. The van der Waals surface area contributed by atoms with Crippen LogP contribution in [0, 0.1) is 5.41 Å². The van der Waals surface area contributed by atoms with Crippen LogP contribution in [0.3, 0.4) is 0 Å². The number of aliphatic carboxylic acids is 1. The zero-order valence-corrected chi connectivity index (χ0v) is 7.10. The topological polar surface area (TPSA) is 63.1 Å². The minimum absolute atomic E-state index is 0.510. The van der Waals surface area contributed by atoms with Gasteiger partial charge in [-0.1, -0.05) is 0 Å². The summed E-state index contributed by atoms with van der Waals surface area (Å²) in [6.45, 7) is 0. The number of rotatable bonds is 3. The minimum atomic E-state index is -0.710. The molecule has 0 amide bonds. The van der Waals surface area contributed by atoms with E-state index in [-0.39, 0.29) is 0 Å². The first-order chi connectivity index (χ1) is 6.23. The summed E-state index contributed by atoms with van der Waals surface area (Å²) < 4.78 is 0. The monoisotopic (exact) mass is 178 g/mol. The van der Waals surface area contributed by atoms with E-state index in [0.717, 1.165) is 18.5 Å². The molecule has 4 nitrogen and oxygen atoms in total. The van der Waals surface area contributed by atoms with Gasteiger partial charge in [-0.15, -0.1) is 0 Å². The highest BCUT2D eigenvalue weighted by Crippen LogP contribution is 2.48. The average Bonchev–Trinajstić information content (AvgIpc) is 2.87. The van der Waals surface area contributed by atoms with Crippen molar-refractivity contribution in [3.05, 3.63) is 24.3 Å². The Morgan fingerprint density at radius 3 is 2.77 bits per heavy atom. The van der Waals surface area contributed by atoms with Crippen LogP contribution < -0.4 is 0 Å². The molecule has 1 aliphatic rings. The maximum atomic E-state index is 10.8. The molecular weight excluding hydrogens is 168 g/mol. The number of carbonyl (C=O) groups is 1. The van der Waals surface area contributed by atoms with Crippen LogP contribution in [-0.2, 0) is 11.2 Å². The Morgan fingerprint density at radius 2 is 2.31 bits per heavy atom. The molecule has 1 aromatic heterocycles. The molecule has 0 aliphatic heterocycles. The molecule has 68 valence electrons. The maximum absolute atomic E-state index is 10.8. The van der Waals surface area contributed by atoms with Gasteiger partial charge >= 0.3 is 5.97 Å². The fraction of sp³-hybridized carbons (Fsp3) is 0.444. The first-order valence-electron chi connectivity index (χ1n) is 4.21. The molecule has 1 N–H and O–H groups in total. The van der Waals surface area contributed by atoms with E-state index < -0.39 is 11.4 Å². The molecule has 1 aromatic rings. The quantitative estimate of drug-likeness (QED) is 0.746. The van der Waals surface area contributed by atoms with Gasteiger partial charge < -0.3 is 5.11 Å². The Bertz CT molecular complexity index is 320. The van der Waals surface area contributed by atoms with Crippen molar-refractivity contribution in [1.29, 1.82) is 0 Å². The standard InChI is InChI=1S/C9H10N2O2/c12-8(13)9(1-2-9)5-7-6-10-3-4-11-7/h3-4,6H,1-2,5H2,(H,12,13). The van der Waals surface area contributed by atoms with Gasteiger partial charge in [0.1, 0.15) is 0 Å².